The van der Waals surface area contributed by atoms with Gasteiger partial charge in [0.15, 0.2) is 10.4 Å². The van der Waals surface area contributed by atoms with E-state index in [1.54, 1.807) is 30.0 Å². The Labute approximate surface area is 166 Å². The van der Waals surface area contributed by atoms with Crippen molar-refractivity contribution < 1.29 is 17.9 Å². The van der Waals surface area contributed by atoms with Crippen molar-refractivity contribution in [2.75, 3.05) is 22.4 Å². The number of aryl methyl sites for hydroxylation is 1. The highest BCUT2D eigenvalue weighted by atomic mass is 32.2. The fourth-order valence-corrected chi connectivity index (χ4v) is 5.40. The van der Waals surface area contributed by atoms with Crippen LogP contribution in [0.3, 0.4) is 0 Å². The minimum absolute atomic E-state index is 0.104. The van der Waals surface area contributed by atoms with Gasteiger partial charge in [-0.3, -0.25) is 14.4 Å². The third-order valence-corrected chi connectivity index (χ3v) is 6.72. The Morgan fingerprint density at radius 3 is 2.81 bits per heavy atom. The summed E-state index contributed by atoms with van der Waals surface area (Å²) in [6.45, 7) is 5.85. The van der Waals surface area contributed by atoms with E-state index < -0.39 is 22.0 Å². The molecule has 1 N–H and O–H groups in total. The number of aromatic nitrogens is 2. The first-order valence-corrected chi connectivity index (χ1v) is 11.7. The van der Waals surface area contributed by atoms with E-state index in [0.717, 1.165) is 16.2 Å². The summed E-state index contributed by atoms with van der Waals surface area (Å²) in [6.07, 6.45) is 0.121. The zero-order chi connectivity index (χ0) is 19.8. The minimum atomic E-state index is -3.56. The lowest BCUT2D eigenvalue weighted by Gasteiger charge is -2.33. The molecule has 1 unspecified atom stereocenters. The van der Waals surface area contributed by atoms with E-state index in [1.165, 1.54) is 15.6 Å². The first-order valence-electron chi connectivity index (χ1n) is 8.19. The molecule has 0 fully saturated rings. The van der Waals surface area contributed by atoms with Crippen molar-refractivity contribution in [3.63, 3.8) is 0 Å². The second-order valence-corrected chi connectivity index (χ2v) is 11.1. The summed E-state index contributed by atoms with van der Waals surface area (Å²) >= 11 is 2.82. The van der Waals surface area contributed by atoms with Crippen molar-refractivity contribution in [2.45, 2.75) is 36.5 Å². The van der Waals surface area contributed by atoms with E-state index >= 15 is 0 Å². The molecule has 27 heavy (non-hydrogen) atoms. The molecule has 1 atom stereocenters. The van der Waals surface area contributed by atoms with Crippen LogP contribution in [0.4, 0.5) is 10.8 Å². The number of nitrogens with zero attached hydrogens (tertiary/aromatic N) is 3. The summed E-state index contributed by atoms with van der Waals surface area (Å²) < 4.78 is 32.1. The van der Waals surface area contributed by atoms with E-state index in [2.05, 4.69) is 15.5 Å². The van der Waals surface area contributed by atoms with Crippen LogP contribution in [-0.2, 0) is 14.8 Å². The van der Waals surface area contributed by atoms with Gasteiger partial charge >= 0.3 is 0 Å². The highest BCUT2D eigenvalue weighted by molar-refractivity contribution is 8.01. The van der Waals surface area contributed by atoms with Crippen LogP contribution in [0, 0.1) is 6.92 Å². The minimum Gasteiger partial charge on any atom is -0.476 e. The van der Waals surface area contributed by atoms with Gasteiger partial charge in [-0.2, -0.15) is 0 Å². The second-order valence-electron chi connectivity index (χ2n) is 6.40. The topological polar surface area (TPSA) is 101 Å². The number of fused-ring (bicyclic) bond motifs is 1. The average molecular weight is 429 g/mol. The lowest BCUT2D eigenvalue weighted by atomic mass is 10.1. The standard InChI is InChI=1S/C16H20N4O4S3/c1-9(2)25-16-19-18-15(26-16)17-14(21)13-8-20(27(4,22)23)11-6-5-10(3)7-12(11)24-13/h5-7,9,13H,8H2,1-4H3,(H,17,18,21). The third kappa shape index (κ3) is 4.71. The molecule has 0 saturated carbocycles. The van der Waals surface area contributed by atoms with Crippen LogP contribution in [0.1, 0.15) is 19.4 Å². The predicted molar refractivity (Wildman–Crippen MR) is 107 cm³/mol. The molecule has 0 saturated heterocycles. The average Bonchev–Trinajstić information content (AvgIpc) is 2.98. The number of hydrogen-bond donors (Lipinski definition) is 1. The van der Waals surface area contributed by atoms with Crippen LogP contribution in [-0.4, -0.2) is 48.7 Å². The monoisotopic (exact) mass is 428 g/mol. The summed E-state index contributed by atoms with van der Waals surface area (Å²) in [6, 6.07) is 5.20. The Kier molecular flexibility index (Phi) is 5.63. The first kappa shape index (κ1) is 19.9. The largest absolute Gasteiger partial charge is 0.476 e. The Balaban J connectivity index is 1.80. The van der Waals surface area contributed by atoms with Gasteiger partial charge in [0.1, 0.15) is 5.75 Å². The zero-order valence-corrected chi connectivity index (χ0v) is 17.7. The maximum absolute atomic E-state index is 12.6. The predicted octanol–water partition coefficient (Wildman–Crippen LogP) is 2.51. The van der Waals surface area contributed by atoms with Gasteiger partial charge in [0.2, 0.25) is 15.2 Å². The molecule has 3 rings (SSSR count). The third-order valence-electron chi connectivity index (χ3n) is 3.65. The fraction of sp³-hybridized carbons (Fsp3) is 0.438. The molecular formula is C16H20N4O4S3. The van der Waals surface area contributed by atoms with E-state index in [0.29, 0.717) is 21.8 Å². The Morgan fingerprint density at radius 2 is 2.15 bits per heavy atom. The van der Waals surface area contributed by atoms with Crippen molar-refractivity contribution in [1.82, 2.24) is 10.2 Å². The molecule has 1 aromatic carbocycles. The number of thioether (sulfide) groups is 1. The van der Waals surface area contributed by atoms with Gasteiger partial charge in [-0.05, 0) is 24.6 Å². The molecule has 0 bridgehead atoms. The summed E-state index contributed by atoms with van der Waals surface area (Å²) in [5.41, 5.74) is 1.33. The number of carbonyl (C=O) groups is 1. The number of benzene rings is 1. The molecule has 1 aliphatic rings. The van der Waals surface area contributed by atoms with Gasteiger partial charge in [-0.25, -0.2) is 8.42 Å². The van der Waals surface area contributed by atoms with Crippen molar-refractivity contribution in [3.05, 3.63) is 23.8 Å². The summed E-state index contributed by atoms with van der Waals surface area (Å²) in [7, 11) is -3.56. The number of carbonyl (C=O) groups excluding carboxylic acids is 1. The highest BCUT2D eigenvalue weighted by Crippen LogP contribution is 2.36. The van der Waals surface area contributed by atoms with Gasteiger partial charge in [0, 0.05) is 5.25 Å². The fourth-order valence-electron chi connectivity index (χ4n) is 2.51. The molecule has 1 amide bonds. The molecule has 2 aromatic rings. The maximum Gasteiger partial charge on any atom is 0.269 e. The molecule has 0 radical (unpaired) electrons. The number of sulfonamides is 1. The Hall–Kier alpha value is -1.85. The molecule has 11 heteroatoms. The van der Waals surface area contributed by atoms with Crippen LogP contribution >= 0.6 is 23.1 Å². The van der Waals surface area contributed by atoms with E-state index in [-0.39, 0.29) is 6.54 Å². The molecular weight excluding hydrogens is 408 g/mol. The summed E-state index contributed by atoms with van der Waals surface area (Å²) in [5, 5.41) is 11.4. The van der Waals surface area contributed by atoms with Crippen molar-refractivity contribution >= 4 is 49.8 Å². The lowest BCUT2D eigenvalue weighted by molar-refractivity contribution is -0.122. The van der Waals surface area contributed by atoms with E-state index in [1.807, 2.05) is 20.8 Å². The van der Waals surface area contributed by atoms with Crippen LogP contribution in [0.5, 0.6) is 5.75 Å². The van der Waals surface area contributed by atoms with Crippen molar-refractivity contribution in [1.29, 1.82) is 0 Å². The number of hydrogen-bond acceptors (Lipinski definition) is 8. The van der Waals surface area contributed by atoms with Crippen LogP contribution < -0.4 is 14.4 Å². The van der Waals surface area contributed by atoms with Gasteiger partial charge in [-0.15, -0.1) is 10.2 Å². The maximum atomic E-state index is 12.6. The Bertz CT molecular complexity index is 958. The SMILES string of the molecule is Cc1ccc2c(c1)OC(C(=O)Nc1nnc(SC(C)C)s1)CN2S(C)(=O)=O. The molecule has 1 aliphatic heterocycles. The number of rotatable bonds is 5. The second kappa shape index (κ2) is 7.64. The zero-order valence-electron chi connectivity index (χ0n) is 15.3. The smallest absolute Gasteiger partial charge is 0.269 e. The van der Waals surface area contributed by atoms with Gasteiger partial charge in [0.05, 0.1) is 18.5 Å². The quantitative estimate of drug-likeness (QED) is 0.577. The molecule has 0 spiro atoms. The molecule has 146 valence electrons. The highest BCUT2D eigenvalue weighted by Gasteiger charge is 2.35. The number of nitrogens with one attached hydrogen (secondary N) is 1. The summed E-state index contributed by atoms with van der Waals surface area (Å²) in [5.74, 6) is -0.104. The number of ether oxygens (including phenoxy) is 1. The molecule has 8 nitrogen and oxygen atoms in total. The van der Waals surface area contributed by atoms with Crippen LogP contribution in [0.2, 0.25) is 0 Å². The van der Waals surface area contributed by atoms with E-state index in [9.17, 15) is 13.2 Å². The Morgan fingerprint density at radius 1 is 1.41 bits per heavy atom. The lowest BCUT2D eigenvalue weighted by Crippen LogP contribution is -2.48. The van der Waals surface area contributed by atoms with Gasteiger partial charge < -0.3 is 4.74 Å². The van der Waals surface area contributed by atoms with Crippen molar-refractivity contribution in [2.24, 2.45) is 0 Å². The normalized spacial score (nSPS) is 16.8. The van der Waals surface area contributed by atoms with Crippen LogP contribution in [0.25, 0.3) is 0 Å². The van der Waals surface area contributed by atoms with Gasteiger partial charge in [0.25, 0.3) is 5.91 Å². The van der Waals surface area contributed by atoms with Crippen LogP contribution in [0.15, 0.2) is 22.5 Å². The van der Waals surface area contributed by atoms with Gasteiger partial charge in [-0.1, -0.05) is 43.0 Å². The number of amides is 1. The van der Waals surface area contributed by atoms with E-state index in [4.69, 9.17) is 4.74 Å². The van der Waals surface area contributed by atoms with Crippen molar-refractivity contribution in [3.8, 4) is 5.75 Å². The molecule has 0 aliphatic carbocycles. The number of anilines is 2. The summed E-state index contributed by atoms with van der Waals surface area (Å²) in [4.78, 5) is 12.6. The molecule has 1 aromatic heterocycles. The molecule has 2 heterocycles. The first-order chi connectivity index (χ1) is 12.6.